The third-order valence-corrected chi connectivity index (χ3v) is 3.43. The van der Waals surface area contributed by atoms with Crippen molar-refractivity contribution < 1.29 is 23.5 Å². The van der Waals surface area contributed by atoms with Gasteiger partial charge in [-0.15, -0.1) is 0 Å². The molecule has 1 aromatic heterocycles. The van der Waals surface area contributed by atoms with E-state index in [1.54, 1.807) is 20.1 Å². The minimum Gasteiger partial charge on any atom is -0.493 e. The summed E-state index contributed by atoms with van der Waals surface area (Å²) < 4.78 is 15.5. The minimum absolute atomic E-state index is 0.102. The number of rotatable bonds is 5. The van der Waals surface area contributed by atoms with Gasteiger partial charge in [-0.05, 0) is 19.9 Å². The van der Waals surface area contributed by atoms with Crippen molar-refractivity contribution in [3.63, 3.8) is 0 Å². The van der Waals surface area contributed by atoms with Gasteiger partial charge < -0.3 is 19.2 Å². The van der Waals surface area contributed by atoms with E-state index in [1.165, 1.54) is 7.11 Å². The highest BCUT2D eigenvalue weighted by molar-refractivity contribution is 6.00. The molecule has 0 aliphatic heterocycles. The summed E-state index contributed by atoms with van der Waals surface area (Å²) in [5.41, 5.74) is 1.27. The third kappa shape index (κ3) is 3.05. The Bertz CT molecular complexity index is 704. The number of esters is 1. The van der Waals surface area contributed by atoms with E-state index in [0.29, 0.717) is 11.3 Å². The van der Waals surface area contributed by atoms with Crippen LogP contribution in [0.5, 0.6) is 5.75 Å². The molecule has 6 nitrogen and oxygen atoms in total. The number of ether oxygens (including phenoxy) is 2. The molecule has 22 heavy (non-hydrogen) atoms. The smallest absolute Gasteiger partial charge is 0.307 e. The molecule has 2 aromatic rings. The van der Waals surface area contributed by atoms with Gasteiger partial charge in [-0.3, -0.25) is 9.59 Å². The number of benzene rings is 1. The van der Waals surface area contributed by atoms with Crippen molar-refractivity contribution >= 4 is 22.8 Å². The number of nitrogens with one attached hydrogen (secondary N) is 1. The minimum atomic E-state index is -0.379. The largest absolute Gasteiger partial charge is 0.493 e. The average molecular weight is 305 g/mol. The molecule has 0 bridgehead atoms. The summed E-state index contributed by atoms with van der Waals surface area (Å²) in [5.74, 6) is 0.0430. The molecule has 1 unspecified atom stereocenters. The van der Waals surface area contributed by atoms with E-state index >= 15 is 0 Å². The molecule has 118 valence electrons. The zero-order valence-electron chi connectivity index (χ0n) is 13.1. The summed E-state index contributed by atoms with van der Waals surface area (Å²) in [6.45, 7) is 3.54. The predicted molar refractivity (Wildman–Crippen MR) is 81.1 cm³/mol. The first-order valence-corrected chi connectivity index (χ1v) is 6.91. The van der Waals surface area contributed by atoms with E-state index in [0.717, 1.165) is 10.9 Å². The Labute approximate surface area is 128 Å². The molecule has 0 aliphatic rings. The molecule has 0 fully saturated rings. The van der Waals surface area contributed by atoms with E-state index in [-0.39, 0.29) is 30.1 Å². The molecule has 2 rings (SSSR count). The van der Waals surface area contributed by atoms with Crippen LogP contribution in [0.2, 0.25) is 0 Å². The molecule has 0 radical (unpaired) electrons. The fourth-order valence-electron chi connectivity index (χ4n) is 2.27. The first-order chi connectivity index (χ1) is 10.5. The normalized spacial score (nSPS) is 12.0. The van der Waals surface area contributed by atoms with Gasteiger partial charge in [0.05, 0.1) is 20.6 Å². The van der Waals surface area contributed by atoms with Crippen molar-refractivity contribution in [2.24, 2.45) is 0 Å². The van der Waals surface area contributed by atoms with Crippen molar-refractivity contribution in [2.75, 3.05) is 14.2 Å². The van der Waals surface area contributed by atoms with Crippen LogP contribution < -0.4 is 10.1 Å². The number of hydrogen-bond acceptors (Lipinski definition) is 5. The first kappa shape index (κ1) is 15.9. The number of furan rings is 1. The highest BCUT2D eigenvalue weighted by atomic mass is 16.5. The fourth-order valence-corrected chi connectivity index (χ4v) is 2.27. The Kier molecular flexibility index (Phi) is 4.70. The maximum atomic E-state index is 12.3. The van der Waals surface area contributed by atoms with Crippen molar-refractivity contribution in [1.29, 1.82) is 0 Å². The second-order valence-electron chi connectivity index (χ2n) is 5.05. The Morgan fingerprint density at radius 2 is 2.05 bits per heavy atom. The van der Waals surface area contributed by atoms with Crippen LogP contribution in [-0.2, 0) is 9.53 Å². The number of para-hydroxylation sites is 1. The second-order valence-corrected chi connectivity index (χ2v) is 5.05. The Hall–Kier alpha value is -2.50. The van der Waals surface area contributed by atoms with Gasteiger partial charge in [0.15, 0.2) is 17.1 Å². The van der Waals surface area contributed by atoms with E-state index < -0.39 is 0 Å². The van der Waals surface area contributed by atoms with Crippen LogP contribution in [-0.4, -0.2) is 32.1 Å². The third-order valence-electron chi connectivity index (χ3n) is 3.43. The van der Waals surface area contributed by atoms with Crippen molar-refractivity contribution in [2.45, 2.75) is 26.3 Å². The average Bonchev–Trinajstić information content (AvgIpc) is 2.84. The number of methoxy groups -OCH3 is 2. The lowest BCUT2D eigenvalue weighted by molar-refractivity contribution is -0.141. The summed E-state index contributed by atoms with van der Waals surface area (Å²) in [4.78, 5) is 23.5. The molecule has 0 saturated carbocycles. The predicted octanol–water partition coefficient (Wildman–Crippen LogP) is 2.43. The van der Waals surface area contributed by atoms with Gasteiger partial charge >= 0.3 is 5.97 Å². The quantitative estimate of drug-likeness (QED) is 0.858. The van der Waals surface area contributed by atoms with Gasteiger partial charge in [-0.1, -0.05) is 12.1 Å². The summed E-state index contributed by atoms with van der Waals surface area (Å²) in [6, 6.07) is 5.12. The summed E-state index contributed by atoms with van der Waals surface area (Å²) in [5, 5.41) is 3.55. The molecular formula is C16H19NO5. The van der Waals surface area contributed by atoms with Crippen molar-refractivity contribution in [3.8, 4) is 5.75 Å². The van der Waals surface area contributed by atoms with Crippen LogP contribution in [0.3, 0.4) is 0 Å². The molecule has 0 spiro atoms. The Morgan fingerprint density at radius 1 is 1.32 bits per heavy atom. The maximum absolute atomic E-state index is 12.3. The van der Waals surface area contributed by atoms with Crippen LogP contribution >= 0.6 is 0 Å². The monoisotopic (exact) mass is 305 g/mol. The van der Waals surface area contributed by atoms with Gasteiger partial charge in [-0.2, -0.15) is 0 Å². The number of carbonyl (C=O) groups is 2. The summed E-state index contributed by atoms with van der Waals surface area (Å²) >= 11 is 0. The van der Waals surface area contributed by atoms with Crippen LogP contribution in [0.4, 0.5) is 0 Å². The molecule has 1 atom stereocenters. The number of hydrogen-bond donors (Lipinski definition) is 1. The van der Waals surface area contributed by atoms with E-state index in [9.17, 15) is 9.59 Å². The van der Waals surface area contributed by atoms with Crippen molar-refractivity contribution in [3.05, 3.63) is 29.5 Å². The van der Waals surface area contributed by atoms with E-state index in [4.69, 9.17) is 9.15 Å². The SMILES string of the molecule is COC(=O)CC(C)NC(=O)c1oc2c(OC)cccc2c1C. The van der Waals surface area contributed by atoms with Gasteiger partial charge in [0.1, 0.15) is 0 Å². The lowest BCUT2D eigenvalue weighted by Gasteiger charge is -2.11. The number of aryl methyl sites for hydroxylation is 1. The Morgan fingerprint density at radius 3 is 2.68 bits per heavy atom. The standard InChI is InChI=1S/C16H19NO5/c1-9(8-13(18)21-4)17-16(19)14-10(2)11-6-5-7-12(20-3)15(11)22-14/h5-7,9H,8H2,1-4H3,(H,17,19). The second kappa shape index (κ2) is 6.51. The zero-order chi connectivity index (χ0) is 16.3. The van der Waals surface area contributed by atoms with Gasteiger partial charge in [0, 0.05) is 17.0 Å². The van der Waals surface area contributed by atoms with Gasteiger partial charge in [0.25, 0.3) is 5.91 Å². The van der Waals surface area contributed by atoms with Gasteiger partial charge in [0.2, 0.25) is 0 Å². The summed E-state index contributed by atoms with van der Waals surface area (Å²) in [6.07, 6.45) is 0.102. The molecule has 1 heterocycles. The topological polar surface area (TPSA) is 77.8 Å². The fraction of sp³-hybridized carbons (Fsp3) is 0.375. The van der Waals surface area contributed by atoms with Crippen LogP contribution in [0.15, 0.2) is 22.6 Å². The molecule has 0 aliphatic carbocycles. The maximum Gasteiger partial charge on any atom is 0.307 e. The number of amides is 1. The van der Waals surface area contributed by atoms with E-state index in [1.807, 2.05) is 19.1 Å². The molecule has 0 saturated heterocycles. The van der Waals surface area contributed by atoms with Gasteiger partial charge in [-0.25, -0.2) is 0 Å². The van der Waals surface area contributed by atoms with E-state index in [2.05, 4.69) is 10.1 Å². The van der Waals surface area contributed by atoms with Crippen LogP contribution in [0, 0.1) is 6.92 Å². The molecule has 6 heteroatoms. The summed E-state index contributed by atoms with van der Waals surface area (Å²) in [7, 11) is 2.86. The highest BCUT2D eigenvalue weighted by Gasteiger charge is 2.21. The molecular weight excluding hydrogens is 286 g/mol. The van der Waals surface area contributed by atoms with Crippen LogP contribution in [0.1, 0.15) is 29.5 Å². The highest BCUT2D eigenvalue weighted by Crippen LogP contribution is 2.32. The lowest BCUT2D eigenvalue weighted by Crippen LogP contribution is -2.34. The zero-order valence-corrected chi connectivity index (χ0v) is 13.1. The molecule has 1 aromatic carbocycles. The first-order valence-electron chi connectivity index (χ1n) is 6.91. The lowest BCUT2D eigenvalue weighted by atomic mass is 10.1. The molecule has 1 amide bonds. The number of fused-ring (bicyclic) bond motifs is 1. The Balaban J connectivity index is 2.25. The van der Waals surface area contributed by atoms with Crippen LogP contribution in [0.25, 0.3) is 11.0 Å². The number of carbonyl (C=O) groups excluding carboxylic acids is 2. The molecule has 1 N–H and O–H groups in total. The van der Waals surface area contributed by atoms with Crippen molar-refractivity contribution in [1.82, 2.24) is 5.32 Å².